The molecule has 2 rings (SSSR count). The smallest absolute Gasteiger partial charge is 0.289 e. The van der Waals surface area contributed by atoms with Gasteiger partial charge in [0.25, 0.3) is 5.69 Å². The van der Waals surface area contributed by atoms with Crippen molar-refractivity contribution in [3.63, 3.8) is 0 Å². The number of nitro groups is 1. The first-order valence-electron chi connectivity index (χ1n) is 7.95. The zero-order chi connectivity index (χ0) is 17.7. The number of halogens is 1. The zero-order valence-electron chi connectivity index (χ0n) is 13.6. The number of nitrogens with zero attached hydrogens (tertiary/aromatic N) is 2. The van der Waals surface area contributed by atoms with Gasteiger partial charge in [-0.2, -0.15) is 0 Å². The lowest BCUT2D eigenvalue weighted by atomic mass is 9.99. The molecule has 1 saturated heterocycles. The molecule has 0 aliphatic carbocycles. The average molecular weight is 376 g/mol. The minimum absolute atomic E-state index is 0.0849. The zero-order valence-corrected chi connectivity index (χ0v) is 15.1. The third-order valence-electron chi connectivity index (χ3n) is 4.24. The minimum Gasteiger partial charge on any atom is -0.303 e. The molecule has 0 spiro atoms. The third-order valence-corrected chi connectivity index (χ3v) is 6.02. The van der Waals surface area contributed by atoms with E-state index in [0.29, 0.717) is 13.0 Å². The van der Waals surface area contributed by atoms with E-state index in [0.717, 1.165) is 31.6 Å². The molecule has 1 aromatic carbocycles. The molecule has 1 heterocycles. The van der Waals surface area contributed by atoms with Crippen molar-refractivity contribution in [3.8, 4) is 0 Å². The van der Waals surface area contributed by atoms with E-state index in [2.05, 4.69) is 16.5 Å². The standard InChI is InChI=1S/C15H22ClN3O4S/c1-12-5-9-18(10-6-12)8-2-7-17-24(22,23)13-3-4-14(16)15(11-13)19(20)21/h3-4,11-12,17H,2,5-10H2,1H3. The van der Waals surface area contributed by atoms with Gasteiger partial charge in [0, 0.05) is 12.6 Å². The van der Waals surface area contributed by atoms with E-state index in [1.165, 1.54) is 25.0 Å². The summed E-state index contributed by atoms with van der Waals surface area (Å²) in [5, 5.41) is 10.8. The van der Waals surface area contributed by atoms with E-state index >= 15 is 0 Å². The lowest BCUT2D eigenvalue weighted by Crippen LogP contribution is -2.35. The summed E-state index contributed by atoms with van der Waals surface area (Å²) in [6, 6.07) is 3.48. The van der Waals surface area contributed by atoms with Crippen molar-refractivity contribution in [3.05, 3.63) is 33.3 Å². The van der Waals surface area contributed by atoms with Crippen LogP contribution in [0.4, 0.5) is 5.69 Å². The SMILES string of the molecule is CC1CCN(CCCNS(=O)(=O)c2ccc(Cl)c([N+](=O)[O-])c2)CC1. The maximum atomic E-state index is 12.2. The van der Waals surface area contributed by atoms with Gasteiger partial charge in [0.15, 0.2) is 0 Å². The van der Waals surface area contributed by atoms with Gasteiger partial charge in [-0.1, -0.05) is 18.5 Å². The second-order valence-corrected chi connectivity index (χ2v) is 8.32. The lowest BCUT2D eigenvalue weighted by Gasteiger charge is -2.30. The van der Waals surface area contributed by atoms with Gasteiger partial charge in [-0.05, 0) is 56.9 Å². The Morgan fingerprint density at radius 2 is 2.04 bits per heavy atom. The van der Waals surface area contributed by atoms with E-state index in [-0.39, 0.29) is 9.92 Å². The largest absolute Gasteiger partial charge is 0.303 e. The molecule has 0 saturated carbocycles. The first-order chi connectivity index (χ1) is 11.3. The normalized spacial score (nSPS) is 17.1. The maximum Gasteiger partial charge on any atom is 0.289 e. The highest BCUT2D eigenvalue weighted by Gasteiger charge is 2.20. The van der Waals surface area contributed by atoms with Crippen molar-refractivity contribution < 1.29 is 13.3 Å². The van der Waals surface area contributed by atoms with Crippen molar-refractivity contribution in [2.75, 3.05) is 26.2 Å². The molecule has 0 atom stereocenters. The molecular formula is C15H22ClN3O4S. The topological polar surface area (TPSA) is 92.6 Å². The Morgan fingerprint density at radius 3 is 2.67 bits per heavy atom. The molecule has 0 amide bonds. The van der Waals surface area contributed by atoms with Crippen LogP contribution in [0.15, 0.2) is 23.1 Å². The van der Waals surface area contributed by atoms with Crippen molar-refractivity contribution in [1.82, 2.24) is 9.62 Å². The second-order valence-electron chi connectivity index (χ2n) is 6.15. The molecule has 0 radical (unpaired) electrons. The van der Waals surface area contributed by atoms with Gasteiger partial charge in [-0.15, -0.1) is 0 Å². The summed E-state index contributed by atoms with van der Waals surface area (Å²) in [5.41, 5.74) is -0.415. The molecule has 1 aliphatic heterocycles. The highest BCUT2D eigenvalue weighted by Crippen LogP contribution is 2.26. The number of hydrogen-bond acceptors (Lipinski definition) is 5. The number of piperidine rings is 1. The molecule has 1 aromatic rings. The first kappa shape index (κ1) is 19.1. The molecule has 1 N–H and O–H groups in total. The molecule has 9 heteroatoms. The van der Waals surface area contributed by atoms with E-state index in [4.69, 9.17) is 11.6 Å². The summed E-state index contributed by atoms with van der Waals surface area (Å²) in [6.07, 6.45) is 3.06. The van der Waals surface area contributed by atoms with Gasteiger partial charge in [-0.25, -0.2) is 13.1 Å². The first-order valence-corrected chi connectivity index (χ1v) is 9.81. The van der Waals surface area contributed by atoms with E-state index < -0.39 is 20.6 Å². The number of likely N-dealkylation sites (tertiary alicyclic amines) is 1. The number of sulfonamides is 1. The number of hydrogen-bond donors (Lipinski definition) is 1. The fourth-order valence-electron chi connectivity index (χ4n) is 2.68. The van der Waals surface area contributed by atoms with Crippen LogP contribution in [0, 0.1) is 16.0 Å². The molecule has 24 heavy (non-hydrogen) atoms. The van der Waals surface area contributed by atoms with E-state index in [9.17, 15) is 18.5 Å². The van der Waals surface area contributed by atoms with Gasteiger partial charge < -0.3 is 4.90 Å². The number of benzene rings is 1. The number of nitrogens with one attached hydrogen (secondary N) is 1. The predicted octanol–water partition coefficient (Wildman–Crippen LogP) is 2.65. The quantitative estimate of drug-likeness (QED) is 0.449. The molecular weight excluding hydrogens is 354 g/mol. The molecule has 0 bridgehead atoms. The summed E-state index contributed by atoms with van der Waals surface area (Å²) in [4.78, 5) is 12.4. The van der Waals surface area contributed by atoms with Crippen molar-refractivity contribution in [1.29, 1.82) is 0 Å². The average Bonchev–Trinajstić information content (AvgIpc) is 2.53. The van der Waals surface area contributed by atoms with Gasteiger partial charge in [-0.3, -0.25) is 10.1 Å². The summed E-state index contributed by atoms with van der Waals surface area (Å²) in [7, 11) is -3.78. The van der Waals surface area contributed by atoms with Crippen LogP contribution in [0.3, 0.4) is 0 Å². The Balaban J connectivity index is 1.87. The summed E-state index contributed by atoms with van der Waals surface area (Å²) >= 11 is 5.70. The molecule has 1 aliphatic rings. The Hall–Kier alpha value is -1.22. The summed E-state index contributed by atoms with van der Waals surface area (Å²) in [5.74, 6) is 0.764. The van der Waals surface area contributed by atoms with Crippen molar-refractivity contribution in [2.45, 2.75) is 31.1 Å². The van der Waals surface area contributed by atoms with Crippen LogP contribution >= 0.6 is 11.6 Å². The van der Waals surface area contributed by atoms with Crippen LogP contribution < -0.4 is 4.72 Å². The van der Waals surface area contributed by atoms with E-state index in [1.807, 2.05) is 0 Å². The van der Waals surface area contributed by atoms with Gasteiger partial charge in [0.1, 0.15) is 5.02 Å². The molecule has 0 unspecified atom stereocenters. The Kier molecular flexibility index (Phi) is 6.56. The number of nitro benzene ring substituents is 1. The monoisotopic (exact) mass is 375 g/mol. The van der Waals surface area contributed by atoms with Crippen LogP contribution in [0.5, 0.6) is 0 Å². The minimum atomic E-state index is -3.78. The van der Waals surface area contributed by atoms with E-state index in [1.54, 1.807) is 0 Å². The van der Waals surface area contributed by atoms with Crippen molar-refractivity contribution >= 4 is 27.3 Å². The Bertz CT molecular complexity index is 688. The fourth-order valence-corrected chi connectivity index (χ4v) is 3.96. The highest BCUT2D eigenvalue weighted by atomic mass is 35.5. The molecule has 7 nitrogen and oxygen atoms in total. The van der Waals surface area contributed by atoms with Crippen LogP contribution in [0.1, 0.15) is 26.2 Å². The second kappa shape index (κ2) is 8.24. The highest BCUT2D eigenvalue weighted by molar-refractivity contribution is 7.89. The lowest BCUT2D eigenvalue weighted by molar-refractivity contribution is -0.384. The summed E-state index contributed by atoms with van der Waals surface area (Å²) in [6.45, 7) is 5.49. The molecule has 1 fully saturated rings. The Labute approximate surface area is 147 Å². The van der Waals surface area contributed by atoms with Crippen LogP contribution in [-0.4, -0.2) is 44.4 Å². The Morgan fingerprint density at radius 1 is 1.38 bits per heavy atom. The van der Waals surface area contributed by atoms with Gasteiger partial charge in [0.2, 0.25) is 10.0 Å². The predicted molar refractivity (Wildman–Crippen MR) is 92.7 cm³/mol. The summed E-state index contributed by atoms with van der Waals surface area (Å²) < 4.78 is 26.9. The fraction of sp³-hybridized carbons (Fsp3) is 0.600. The van der Waals surface area contributed by atoms with Crippen LogP contribution in [0.25, 0.3) is 0 Å². The molecule has 134 valence electrons. The molecule has 0 aromatic heterocycles. The third kappa shape index (κ3) is 5.14. The van der Waals surface area contributed by atoms with Crippen LogP contribution in [-0.2, 0) is 10.0 Å². The van der Waals surface area contributed by atoms with Gasteiger partial charge >= 0.3 is 0 Å². The van der Waals surface area contributed by atoms with Gasteiger partial charge in [0.05, 0.1) is 9.82 Å². The maximum absolute atomic E-state index is 12.2. The number of rotatable bonds is 7. The van der Waals surface area contributed by atoms with Crippen molar-refractivity contribution in [2.24, 2.45) is 5.92 Å². The van der Waals surface area contributed by atoms with Crippen LogP contribution in [0.2, 0.25) is 5.02 Å².